The highest BCUT2D eigenvalue weighted by Crippen LogP contribution is 2.67. The van der Waals surface area contributed by atoms with Crippen LogP contribution >= 0.6 is 0 Å². The predicted octanol–water partition coefficient (Wildman–Crippen LogP) is 5.12. The zero-order valence-corrected chi connectivity index (χ0v) is 22.6. The number of rotatable bonds is 2. The molecule has 1 spiro atoms. The summed E-state index contributed by atoms with van der Waals surface area (Å²) in [6.07, 6.45) is -0.889. The maximum absolute atomic E-state index is 13.9. The Kier molecular flexibility index (Phi) is 5.52. The van der Waals surface area contributed by atoms with Crippen LogP contribution in [0.2, 0.25) is 0 Å². The molecule has 10 heteroatoms. The lowest BCUT2D eigenvalue weighted by atomic mass is 9.91. The molecule has 1 saturated carbocycles. The first-order valence-electron chi connectivity index (χ1n) is 12.4. The molecule has 2 aliphatic rings. The van der Waals surface area contributed by atoms with E-state index in [9.17, 15) is 14.4 Å². The molecule has 3 aromatic rings. The number of fused-ring (bicyclic) bond motifs is 3. The summed E-state index contributed by atoms with van der Waals surface area (Å²) >= 11 is 0. The van der Waals surface area contributed by atoms with Crippen molar-refractivity contribution in [2.45, 2.75) is 70.5 Å². The van der Waals surface area contributed by atoms with Crippen LogP contribution in [0.5, 0.6) is 5.75 Å². The first-order chi connectivity index (χ1) is 17.7. The zero-order chi connectivity index (χ0) is 27.8. The molecule has 0 unspecified atom stereocenters. The molecule has 2 aromatic carbocycles. The highest BCUT2D eigenvalue weighted by atomic mass is 16.6. The van der Waals surface area contributed by atoms with Gasteiger partial charge in [0.2, 0.25) is 5.91 Å². The molecule has 2 atom stereocenters. The van der Waals surface area contributed by atoms with Gasteiger partial charge in [-0.3, -0.25) is 4.79 Å². The molecule has 1 aromatic heterocycles. The summed E-state index contributed by atoms with van der Waals surface area (Å²) in [6.45, 7) is 10.6. The Balaban J connectivity index is 1.57. The smallest absolute Gasteiger partial charge is 0.435 e. The SMILES string of the molecule is COc1ccc2c(c1)[C@]1(C[C@H]1c1ccc3c(N)nn(C(=O)OC(C)(C)C)c3c1)C(=O)N2C(=O)OC(C)(C)C. The third-order valence-corrected chi connectivity index (χ3v) is 6.75. The summed E-state index contributed by atoms with van der Waals surface area (Å²) in [5.41, 5.74) is 6.13. The topological polar surface area (TPSA) is 126 Å². The number of anilines is 2. The van der Waals surface area contributed by atoms with E-state index in [-0.39, 0.29) is 17.6 Å². The molecule has 38 heavy (non-hydrogen) atoms. The Hall–Kier alpha value is -4.08. The van der Waals surface area contributed by atoms with Gasteiger partial charge < -0.3 is 19.9 Å². The third-order valence-electron chi connectivity index (χ3n) is 6.75. The van der Waals surface area contributed by atoms with E-state index in [0.29, 0.717) is 34.3 Å². The fourth-order valence-corrected chi connectivity index (χ4v) is 5.12. The summed E-state index contributed by atoms with van der Waals surface area (Å²) in [6, 6.07) is 10.7. The molecule has 0 saturated heterocycles. The maximum Gasteiger partial charge on any atom is 0.435 e. The van der Waals surface area contributed by atoms with Crippen LogP contribution in [-0.4, -0.2) is 46.2 Å². The Bertz CT molecular complexity index is 1500. The van der Waals surface area contributed by atoms with Gasteiger partial charge in [-0.1, -0.05) is 6.07 Å². The molecule has 200 valence electrons. The molecule has 1 aliphatic carbocycles. The van der Waals surface area contributed by atoms with Crippen molar-refractivity contribution in [3.63, 3.8) is 0 Å². The van der Waals surface area contributed by atoms with Gasteiger partial charge in [0.15, 0.2) is 5.82 Å². The monoisotopic (exact) mass is 520 g/mol. The average Bonchev–Trinajstić information content (AvgIpc) is 3.41. The zero-order valence-electron chi connectivity index (χ0n) is 22.6. The van der Waals surface area contributed by atoms with Gasteiger partial charge in [0.25, 0.3) is 0 Å². The number of methoxy groups -OCH3 is 1. The predicted molar refractivity (Wildman–Crippen MR) is 142 cm³/mol. The number of imide groups is 1. The van der Waals surface area contributed by atoms with Gasteiger partial charge in [0.1, 0.15) is 17.0 Å². The summed E-state index contributed by atoms with van der Waals surface area (Å²) < 4.78 is 17.7. The van der Waals surface area contributed by atoms with Gasteiger partial charge >= 0.3 is 12.2 Å². The largest absolute Gasteiger partial charge is 0.497 e. The van der Waals surface area contributed by atoms with Crippen molar-refractivity contribution in [1.29, 1.82) is 0 Å². The average molecular weight is 521 g/mol. The van der Waals surface area contributed by atoms with Crippen LogP contribution in [0.4, 0.5) is 21.1 Å². The number of nitrogens with zero attached hydrogens (tertiary/aromatic N) is 3. The number of hydrogen-bond acceptors (Lipinski definition) is 8. The van der Waals surface area contributed by atoms with E-state index < -0.39 is 28.8 Å². The van der Waals surface area contributed by atoms with Crippen molar-refractivity contribution >= 4 is 40.5 Å². The van der Waals surface area contributed by atoms with E-state index in [4.69, 9.17) is 19.9 Å². The summed E-state index contributed by atoms with van der Waals surface area (Å²) in [5.74, 6) is 0.186. The lowest BCUT2D eigenvalue weighted by Crippen LogP contribution is -2.41. The number of hydrogen-bond donors (Lipinski definition) is 1. The van der Waals surface area contributed by atoms with E-state index in [1.165, 1.54) is 0 Å². The fraction of sp³-hybridized carbons (Fsp3) is 0.429. The number of benzene rings is 2. The van der Waals surface area contributed by atoms with Gasteiger partial charge in [0, 0.05) is 11.3 Å². The van der Waals surface area contributed by atoms with Crippen LogP contribution in [0.25, 0.3) is 10.9 Å². The lowest BCUT2D eigenvalue weighted by Gasteiger charge is -2.24. The molecular formula is C28H32N4O6. The standard InChI is InChI=1S/C28H32N4O6/c1-26(2,3)37-24(34)31-20-11-9-16(36-7)13-18(20)28(23(31)33)14-19(28)15-8-10-17-21(12-15)32(30-22(17)29)25(35)38-27(4,5)6/h8-13,19H,14H2,1-7H3,(H2,29,30)/t19-,28-/m0/s1. The summed E-state index contributed by atoms with van der Waals surface area (Å²) in [5, 5.41) is 4.79. The van der Waals surface area contributed by atoms with Gasteiger partial charge in [-0.05, 0) is 89.4 Å². The van der Waals surface area contributed by atoms with Crippen molar-refractivity contribution in [3.05, 3.63) is 47.5 Å². The third kappa shape index (κ3) is 4.04. The van der Waals surface area contributed by atoms with Crippen molar-refractivity contribution in [2.75, 3.05) is 17.7 Å². The molecule has 5 rings (SSSR count). The van der Waals surface area contributed by atoms with E-state index in [1.807, 2.05) is 12.1 Å². The molecule has 2 heterocycles. The maximum atomic E-state index is 13.9. The van der Waals surface area contributed by atoms with Crippen LogP contribution in [0, 0.1) is 0 Å². The Morgan fingerprint density at radius 3 is 2.29 bits per heavy atom. The second-order valence-corrected chi connectivity index (χ2v) is 11.8. The molecule has 2 N–H and O–H groups in total. The first kappa shape index (κ1) is 25.6. The number of carbonyl (C=O) groups is 3. The van der Waals surface area contributed by atoms with E-state index in [1.54, 1.807) is 72.9 Å². The number of ether oxygens (including phenoxy) is 3. The van der Waals surface area contributed by atoms with E-state index in [2.05, 4.69) is 5.10 Å². The number of carbonyl (C=O) groups excluding carboxylic acids is 3. The molecule has 0 radical (unpaired) electrons. The van der Waals surface area contributed by atoms with Crippen LogP contribution in [-0.2, 0) is 19.7 Å². The van der Waals surface area contributed by atoms with Crippen LogP contribution < -0.4 is 15.4 Å². The molecule has 2 amide bonds. The molecular weight excluding hydrogens is 488 g/mol. The summed E-state index contributed by atoms with van der Waals surface area (Å²) in [4.78, 5) is 41.0. The van der Waals surface area contributed by atoms with E-state index in [0.717, 1.165) is 15.1 Å². The van der Waals surface area contributed by atoms with Crippen molar-refractivity contribution in [2.24, 2.45) is 0 Å². The molecule has 1 aliphatic heterocycles. The Labute approximate surface area is 220 Å². The van der Waals surface area contributed by atoms with Gasteiger partial charge in [-0.2, -0.15) is 4.68 Å². The van der Waals surface area contributed by atoms with Crippen molar-refractivity contribution < 1.29 is 28.6 Å². The Morgan fingerprint density at radius 2 is 1.66 bits per heavy atom. The van der Waals surface area contributed by atoms with Gasteiger partial charge in [0.05, 0.1) is 23.7 Å². The van der Waals surface area contributed by atoms with E-state index >= 15 is 0 Å². The minimum Gasteiger partial charge on any atom is -0.497 e. The minimum atomic E-state index is -0.962. The first-order valence-corrected chi connectivity index (χ1v) is 12.4. The van der Waals surface area contributed by atoms with Crippen LogP contribution in [0.1, 0.15) is 65.0 Å². The number of nitrogen functional groups attached to an aromatic ring is 1. The molecule has 1 fully saturated rings. The van der Waals surface area contributed by atoms with Crippen molar-refractivity contribution in [1.82, 2.24) is 9.78 Å². The highest BCUT2D eigenvalue weighted by Gasteiger charge is 2.68. The van der Waals surface area contributed by atoms with Crippen LogP contribution in [0.3, 0.4) is 0 Å². The van der Waals surface area contributed by atoms with Gasteiger partial charge in [-0.15, -0.1) is 5.10 Å². The second kappa shape index (κ2) is 8.21. The lowest BCUT2D eigenvalue weighted by molar-refractivity contribution is -0.120. The second-order valence-electron chi connectivity index (χ2n) is 11.8. The Morgan fingerprint density at radius 1 is 1.00 bits per heavy atom. The molecule has 0 bridgehead atoms. The summed E-state index contributed by atoms with van der Waals surface area (Å²) in [7, 11) is 1.55. The number of amides is 2. The van der Waals surface area contributed by atoms with Gasteiger partial charge in [-0.25, -0.2) is 14.5 Å². The normalized spacial score (nSPS) is 20.6. The highest BCUT2D eigenvalue weighted by molar-refractivity contribution is 6.23. The number of aromatic nitrogens is 2. The van der Waals surface area contributed by atoms with Crippen molar-refractivity contribution in [3.8, 4) is 5.75 Å². The fourth-order valence-electron chi connectivity index (χ4n) is 5.12. The minimum absolute atomic E-state index is 0.200. The number of nitrogens with two attached hydrogens (primary N) is 1. The molecule has 10 nitrogen and oxygen atoms in total. The van der Waals surface area contributed by atoms with Crippen LogP contribution in [0.15, 0.2) is 36.4 Å². The quantitative estimate of drug-likeness (QED) is 0.494.